The summed E-state index contributed by atoms with van der Waals surface area (Å²) in [6.45, 7) is 5.61. The average Bonchev–Trinajstić information content (AvgIpc) is 3.12. The van der Waals surface area contributed by atoms with Gasteiger partial charge in [0.05, 0.1) is 12.3 Å². The molecule has 6 aromatic carbocycles. The summed E-state index contributed by atoms with van der Waals surface area (Å²) in [6, 6.07) is 66.0. The first-order valence-corrected chi connectivity index (χ1v) is 19.7. The van der Waals surface area contributed by atoms with E-state index in [1.807, 2.05) is 0 Å². The number of carbonyl (C=O) groups excluding carboxylic acids is 1. The molecule has 232 valence electrons. The van der Waals surface area contributed by atoms with Crippen LogP contribution in [0.2, 0.25) is 0 Å². The minimum absolute atomic E-state index is 0.972. The van der Waals surface area contributed by atoms with E-state index in [0.717, 1.165) is 19.2 Å². The Morgan fingerprint density at radius 3 is 0.630 bits per heavy atom. The Hall–Kier alpha value is -4.35. The van der Waals surface area contributed by atoms with Gasteiger partial charge in [-0.25, -0.2) is 0 Å². The average molecular weight is 642 g/mol. The van der Waals surface area contributed by atoms with E-state index in [1.54, 1.807) is 0 Å². The Balaban J connectivity index is 0.000000187. The molecular formula is C42H43O2P2+. The summed E-state index contributed by atoms with van der Waals surface area (Å²) in [5.41, 5.74) is 0. The van der Waals surface area contributed by atoms with Crippen molar-refractivity contribution in [2.45, 2.75) is 20.8 Å². The third-order valence-corrected chi connectivity index (χ3v) is 17.1. The maximum absolute atomic E-state index is 8.89. The van der Waals surface area contributed by atoms with E-state index in [1.165, 1.54) is 31.8 Å². The topological polar surface area (TPSA) is 40.1 Å². The first-order chi connectivity index (χ1) is 22.5. The van der Waals surface area contributed by atoms with Gasteiger partial charge in [0.2, 0.25) is 0 Å². The third kappa shape index (κ3) is 8.07. The van der Waals surface area contributed by atoms with Gasteiger partial charge in [-0.3, -0.25) is 0 Å². The van der Waals surface area contributed by atoms with Crippen LogP contribution in [0.15, 0.2) is 182 Å². The number of hydrogen-bond donors (Lipinski definition) is 0. The van der Waals surface area contributed by atoms with Crippen LogP contribution >= 0.6 is 14.5 Å². The van der Waals surface area contributed by atoms with E-state index >= 15 is 0 Å². The standard InChI is InChI=1S/2C20H20P.C2H4O2/c2*1-2-21(18-12-6-3-7-13-18,19-14-8-4-9-15-19)20-16-10-5-11-17-20;1-2(3)4/h2*3-17H,2H2,1H3;1H3,(H,3,4)/q2*+1;/p-1. The maximum Gasteiger partial charge on any atom is 0.111 e. The highest BCUT2D eigenvalue weighted by Gasteiger charge is 2.44. The molecule has 0 bridgehead atoms. The van der Waals surface area contributed by atoms with Crippen LogP contribution < -0.4 is 36.9 Å². The fraction of sp³-hybridized carbons (Fsp3) is 0.119. The summed E-state index contributed by atoms with van der Waals surface area (Å²) in [5.74, 6) is -1.08. The Bertz CT molecular complexity index is 1390. The lowest BCUT2D eigenvalue weighted by Crippen LogP contribution is -2.32. The summed E-state index contributed by atoms with van der Waals surface area (Å²) >= 11 is 0. The number of hydrogen-bond acceptors (Lipinski definition) is 2. The third-order valence-electron chi connectivity index (χ3n) is 8.13. The van der Waals surface area contributed by atoms with Gasteiger partial charge in [-0.15, -0.1) is 0 Å². The summed E-state index contributed by atoms with van der Waals surface area (Å²) in [7, 11) is -3.07. The van der Waals surface area contributed by atoms with Gasteiger partial charge < -0.3 is 9.90 Å². The van der Waals surface area contributed by atoms with Gasteiger partial charge in [-0.2, -0.15) is 0 Å². The van der Waals surface area contributed by atoms with Crippen LogP contribution in [0, 0.1) is 0 Å². The predicted molar refractivity (Wildman–Crippen MR) is 202 cm³/mol. The van der Waals surface area contributed by atoms with Gasteiger partial charge in [0.1, 0.15) is 46.4 Å². The fourth-order valence-electron chi connectivity index (χ4n) is 6.08. The van der Waals surface area contributed by atoms with Crippen molar-refractivity contribution in [1.82, 2.24) is 0 Å². The molecule has 0 spiro atoms. The number of rotatable bonds is 8. The smallest absolute Gasteiger partial charge is 0.111 e. The second-order valence-corrected chi connectivity index (χ2v) is 18.4. The molecule has 0 aliphatic heterocycles. The molecule has 6 rings (SSSR count). The van der Waals surface area contributed by atoms with Crippen molar-refractivity contribution >= 4 is 52.3 Å². The maximum atomic E-state index is 8.89. The highest BCUT2D eigenvalue weighted by atomic mass is 31.2. The molecule has 0 aliphatic carbocycles. The molecule has 0 saturated heterocycles. The Morgan fingerprint density at radius 2 is 0.522 bits per heavy atom. The number of carboxylic acids is 1. The van der Waals surface area contributed by atoms with E-state index in [-0.39, 0.29) is 0 Å². The molecule has 0 heterocycles. The molecule has 0 saturated carbocycles. The zero-order valence-corrected chi connectivity index (χ0v) is 28.7. The monoisotopic (exact) mass is 641 g/mol. The molecule has 0 aromatic heterocycles. The van der Waals surface area contributed by atoms with Crippen LogP contribution in [0.3, 0.4) is 0 Å². The molecule has 4 heteroatoms. The normalized spacial score (nSPS) is 10.8. The van der Waals surface area contributed by atoms with Gasteiger partial charge in [0.25, 0.3) is 0 Å². The SMILES string of the molecule is CC(=O)[O-].CC[P+](c1ccccc1)(c1ccccc1)c1ccccc1.CC[P+](c1ccccc1)(c1ccccc1)c1ccccc1. The van der Waals surface area contributed by atoms with Gasteiger partial charge in [0, 0.05) is 5.97 Å². The predicted octanol–water partition coefficient (Wildman–Crippen LogP) is 6.76. The fourth-order valence-corrected chi connectivity index (χ4v) is 14.2. The molecule has 0 N–H and O–H groups in total. The van der Waals surface area contributed by atoms with E-state index in [4.69, 9.17) is 9.90 Å². The Kier molecular flexibility index (Phi) is 13.0. The molecule has 2 nitrogen and oxygen atoms in total. The molecule has 0 atom stereocenters. The number of carboxylic acid groups (broad SMARTS) is 1. The quantitative estimate of drug-likeness (QED) is 0.173. The van der Waals surface area contributed by atoms with Crippen LogP contribution in [0.25, 0.3) is 0 Å². The molecular weight excluding hydrogens is 598 g/mol. The zero-order chi connectivity index (χ0) is 32.7. The lowest BCUT2D eigenvalue weighted by Gasteiger charge is -2.26. The molecule has 0 fully saturated rings. The number of aliphatic carboxylic acids is 1. The zero-order valence-electron chi connectivity index (χ0n) is 26.9. The largest absolute Gasteiger partial charge is 0.550 e. The molecule has 0 radical (unpaired) electrons. The van der Waals surface area contributed by atoms with Crippen molar-refractivity contribution in [2.75, 3.05) is 12.3 Å². The van der Waals surface area contributed by atoms with Crippen LogP contribution in [-0.2, 0) is 4.79 Å². The van der Waals surface area contributed by atoms with Crippen LogP contribution in [0.4, 0.5) is 0 Å². The molecule has 46 heavy (non-hydrogen) atoms. The molecule has 0 amide bonds. The highest BCUT2D eigenvalue weighted by Crippen LogP contribution is 2.55. The van der Waals surface area contributed by atoms with Gasteiger partial charge >= 0.3 is 0 Å². The van der Waals surface area contributed by atoms with Crippen molar-refractivity contribution < 1.29 is 9.90 Å². The Morgan fingerprint density at radius 1 is 0.391 bits per heavy atom. The van der Waals surface area contributed by atoms with Crippen molar-refractivity contribution in [1.29, 1.82) is 0 Å². The highest BCUT2D eigenvalue weighted by molar-refractivity contribution is 7.96. The lowest BCUT2D eigenvalue weighted by molar-refractivity contribution is -0.302. The second kappa shape index (κ2) is 17.4. The minimum atomic E-state index is -1.53. The molecule has 0 aliphatic rings. The van der Waals surface area contributed by atoms with Crippen molar-refractivity contribution in [2.24, 2.45) is 0 Å². The first-order valence-electron chi connectivity index (χ1n) is 15.8. The van der Waals surface area contributed by atoms with Crippen LogP contribution in [-0.4, -0.2) is 18.3 Å². The summed E-state index contributed by atoms with van der Waals surface area (Å²) in [5, 5.41) is 17.7. The lowest BCUT2D eigenvalue weighted by atomic mass is 10.4. The van der Waals surface area contributed by atoms with Crippen molar-refractivity contribution in [3.8, 4) is 0 Å². The minimum Gasteiger partial charge on any atom is -0.550 e. The Labute approximate surface area is 276 Å². The molecule has 0 unspecified atom stereocenters. The number of benzene rings is 6. The summed E-state index contributed by atoms with van der Waals surface area (Å²) in [4.78, 5) is 8.89. The van der Waals surface area contributed by atoms with Crippen LogP contribution in [0.5, 0.6) is 0 Å². The molecule has 6 aromatic rings. The van der Waals surface area contributed by atoms with E-state index in [2.05, 4.69) is 196 Å². The van der Waals surface area contributed by atoms with E-state index in [0.29, 0.717) is 0 Å². The summed E-state index contributed by atoms with van der Waals surface area (Å²) < 4.78 is 0. The van der Waals surface area contributed by atoms with Crippen molar-refractivity contribution in [3.05, 3.63) is 182 Å². The first kappa shape index (κ1) is 34.5. The van der Waals surface area contributed by atoms with Gasteiger partial charge in [-0.05, 0) is 93.6 Å². The van der Waals surface area contributed by atoms with Crippen molar-refractivity contribution in [3.63, 3.8) is 0 Å². The van der Waals surface area contributed by atoms with Gasteiger partial charge in [-0.1, -0.05) is 109 Å². The van der Waals surface area contributed by atoms with E-state index < -0.39 is 20.5 Å². The second-order valence-electron chi connectivity index (χ2n) is 10.8. The van der Waals surface area contributed by atoms with Gasteiger partial charge in [0.15, 0.2) is 0 Å². The number of carbonyl (C=O) groups is 1. The van der Waals surface area contributed by atoms with E-state index in [9.17, 15) is 0 Å². The van der Waals surface area contributed by atoms with Crippen LogP contribution in [0.1, 0.15) is 20.8 Å². The summed E-state index contributed by atoms with van der Waals surface area (Å²) in [6.07, 6.45) is 2.29.